The van der Waals surface area contributed by atoms with Crippen LogP contribution in [0, 0.1) is 12.3 Å². The van der Waals surface area contributed by atoms with Crippen LogP contribution in [0.25, 0.3) is 0 Å². The predicted octanol–water partition coefficient (Wildman–Crippen LogP) is 3.49. The molecule has 7 heteroatoms. The molecule has 2 fully saturated rings. The van der Waals surface area contributed by atoms with Gasteiger partial charge in [-0.25, -0.2) is 4.98 Å². The molecule has 0 aromatic carbocycles. The zero-order valence-electron chi connectivity index (χ0n) is 17.0. The molecule has 1 aromatic heterocycles. The molecule has 3 rings (SSSR count). The fourth-order valence-corrected chi connectivity index (χ4v) is 4.35. The molecule has 2 aliphatic carbocycles. The first-order valence-electron chi connectivity index (χ1n) is 10.3. The molecule has 0 aliphatic heterocycles. The Hall–Kier alpha value is -0.830. The molecular formula is C20H36IN5O. The fraction of sp³-hybridized carbons (Fsp3) is 0.800. The molecule has 6 nitrogen and oxygen atoms in total. The number of hydrogen-bond donors (Lipinski definition) is 2. The Morgan fingerprint density at radius 3 is 2.78 bits per heavy atom. The first-order chi connectivity index (χ1) is 12.7. The van der Waals surface area contributed by atoms with E-state index in [0.29, 0.717) is 17.6 Å². The van der Waals surface area contributed by atoms with Gasteiger partial charge in [-0.1, -0.05) is 6.42 Å². The third-order valence-corrected chi connectivity index (χ3v) is 6.09. The van der Waals surface area contributed by atoms with Crippen molar-refractivity contribution in [1.82, 2.24) is 20.2 Å². The number of nitrogens with zero attached hydrogens (tertiary/aromatic N) is 3. The summed E-state index contributed by atoms with van der Waals surface area (Å²) in [5.74, 6) is 2.06. The summed E-state index contributed by atoms with van der Waals surface area (Å²) in [6, 6.07) is 0.513. The molecular weight excluding hydrogens is 453 g/mol. The quantitative estimate of drug-likeness (QED) is 0.241. The maximum atomic E-state index is 5.96. The zero-order chi connectivity index (χ0) is 18.4. The van der Waals surface area contributed by atoms with Crippen LogP contribution < -0.4 is 10.6 Å². The van der Waals surface area contributed by atoms with Gasteiger partial charge in [0.25, 0.3) is 0 Å². The number of guanidine groups is 1. The van der Waals surface area contributed by atoms with Gasteiger partial charge in [0.15, 0.2) is 5.96 Å². The molecule has 0 saturated heterocycles. The van der Waals surface area contributed by atoms with E-state index in [-0.39, 0.29) is 24.0 Å². The zero-order valence-corrected chi connectivity index (χ0v) is 19.4. The Morgan fingerprint density at radius 2 is 2.19 bits per heavy atom. The lowest BCUT2D eigenvalue weighted by atomic mass is 9.51. The van der Waals surface area contributed by atoms with Crippen LogP contribution in [0.1, 0.15) is 58.2 Å². The third kappa shape index (κ3) is 5.16. The topological polar surface area (TPSA) is 63.5 Å². The van der Waals surface area contributed by atoms with Crippen molar-refractivity contribution in [2.45, 2.75) is 78.0 Å². The molecule has 2 atom stereocenters. The standard InChI is InChI=1S/C20H35N5O.HI/c1-4-21-19(23-11-6-7-13-25-14-12-22-16(25)3)24-17-15-18(26-5-2)20(17)9-8-10-20;/h12,14,17-18H,4-11,13,15H2,1-3H3,(H2,21,23,24);1H. The molecule has 1 aromatic rings. The van der Waals surface area contributed by atoms with Crippen LogP contribution in [0.15, 0.2) is 17.4 Å². The minimum Gasteiger partial charge on any atom is -0.378 e. The Labute approximate surface area is 181 Å². The number of nitrogens with one attached hydrogen (secondary N) is 2. The van der Waals surface area contributed by atoms with Gasteiger partial charge < -0.3 is 19.9 Å². The molecule has 0 bridgehead atoms. The number of hydrogen-bond acceptors (Lipinski definition) is 3. The van der Waals surface area contributed by atoms with Gasteiger partial charge in [0.05, 0.1) is 6.10 Å². The molecule has 1 heterocycles. The first-order valence-corrected chi connectivity index (χ1v) is 10.3. The second kappa shape index (κ2) is 10.6. The Balaban J connectivity index is 0.00000261. The van der Waals surface area contributed by atoms with Crippen molar-refractivity contribution < 1.29 is 4.74 Å². The molecule has 2 saturated carbocycles. The van der Waals surface area contributed by atoms with Gasteiger partial charge in [-0.2, -0.15) is 0 Å². The van der Waals surface area contributed by atoms with E-state index in [9.17, 15) is 0 Å². The van der Waals surface area contributed by atoms with E-state index in [4.69, 9.17) is 9.73 Å². The van der Waals surface area contributed by atoms with Crippen LogP contribution in [-0.4, -0.2) is 47.4 Å². The Morgan fingerprint density at radius 1 is 1.37 bits per heavy atom. The monoisotopic (exact) mass is 489 g/mol. The van der Waals surface area contributed by atoms with Crippen LogP contribution >= 0.6 is 24.0 Å². The number of halogens is 1. The number of aryl methyl sites for hydroxylation is 2. The van der Waals surface area contributed by atoms with Crippen LogP contribution in [0.3, 0.4) is 0 Å². The van der Waals surface area contributed by atoms with E-state index >= 15 is 0 Å². The van der Waals surface area contributed by atoms with Gasteiger partial charge in [0, 0.05) is 50.1 Å². The van der Waals surface area contributed by atoms with E-state index < -0.39 is 0 Å². The summed E-state index contributed by atoms with van der Waals surface area (Å²) in [7, 11) is 0. The summed E-state index contributed by atoms with van der Waals surface area (Å²) in [5, 5.41) is 7.10. The van der Waals surface area contributed by atoms with Gasteiger partial charge in [-0.3, -0.25) is 4.99 Å². The second-order valence-corrected chi connectivity index (χ2v) is 7.60. The first kappa shape index (κ1) is 22.5. The number of unbranched alkanes of at least 4 members (excludes halogenated alkanes) is 1. The smallest absolute Gasteiger partial charge is 0.191 e. The summed E-state index contributed by atoms with van der Waals surface area (Å²) in [4.78, 5) is 9.07. The van der Waals surface area contributed by atoms with Crippen molar-refractivity contribution in [2.24, 2.45) is 10.4 Å². The van der Waals surface area contributed by atoms with E-state index in [1.807, 2.05) is 12.4 Å². The number of imidazole rings is 1. The van der Waals surface area contributed by atoms with E-state index in [1.54, 1.807) is 0 Å². The molecule has 1 spiro atoms. The van der Waals surface area contributed by atoms with Crippen molar-refractivity contribution in [3.8, 4) is 0 Å². The number of aliphatic imine (C=N–C) groups is 1. The summed E-state index contributed by atoms with van der Waals surface area (Å²) >= 11 is 0. The number of aromatic nitrogens is 2. The van der Waals surface area contributed by atoms with Crippen LogP contribution in [0.4, 0.5) is 0 Å². The summed E-state index contributed by atoms with van der Waals surface area (Å²) in [6.07, 6.45) is 11.6. The molecule has 0 amide bonds. The van der Waals surface area contributed by atoms with Crippen molar-refractivity contribution in [2.75, 3.05) is 19.7 Å². The lowest BCUT2D eigenvalue weighted by Gasteiger charge is -2.61. The minimum absolute atomic E-state index is 0. The number of ether oxygens (including phenoxy) is 1. The largest absolute Gasteiger partial charge is 0.378 e. The van der Waals surface area contributed by atoms with Gasteiger partial charge in [-0.15, -0.1) is 24.0 Å². The predicted molar refractivity (Wildman–Crippen MR) is 121 cm³/mol. The molecule has 27 heavy (non-hydrogen) atoms. The van der Waals surface area contributed by atoms with Crippen molar-refractivity contribution in [1.29, 1.82) is 0 Å². The lowest BCUT2D eigenvalue weighted by Crippen LogP contribution is -2.68. The maximum Gasteiger partial charge on any atom is 0.191 e. The summed E-state index contributed by atoms with van der Waals surface area (Å²) in [5.41, 5.74) is 0.366. The summed E-state index contributed by atoms with van der Waals surface area (Å²) in [6.45, 7) is 9.88. The maximum absolute atomic E-state index is 5.96. The number of rotatable bonds is 9. The fourth-order valence-electron chi connectivity index (χ4n) is 4.35. The van der Waals surface area contributed by atoms with Crippen molar-refractivity contribution in [3.63, 3.8) is 0 Å². The van der Waals surface area contributed by atoms with Crippen LogP contribution in [0.2, 0.25) is 0 Å². The normalized spacial score (nSPS) is 23.3. The van der Waals surface area contributed by atoms with Crippen molar-refractivity contribution >= 4 is 29.9 Å². The van der Waals surface area contributed by atoms with Crippen LogP contribution in [-0.2, 0) is 11.3 Å². The lowest BCUT2D eigenvalue weighted by molar-refractivity contribution is -0.168. The van der Waals surface area contributed by atoms with Gasteiger partial charge in [0.2, 0.25) is 0 Å². The molecule has 154 valence electrons. The van der Waals surface area contributed by atoms with E-state index in [1.165, 1.54) is 19.3 Å². The van der Waals surface area contributed by atoms with Crippen LogP contribution in [0.5, 0.6) is 0 Å². The third-order valence-electron chi connectivity index (χ3n) is 6.09. The summed E-state index contributed by atoms with van der Waals surface area (Å²) < 4.78 is 8.16. The highest BCUT2D eigenvalue weighted by molar-refractivity contribution is 14.0. The second-order valence-electron chi connectivity index (χ2n) is 7.60. The minimum atomic E-state index is 0. The van der Waals surface area contributed by atoms with Gasteiger partial charge >= 0.3 is 0 Å². The molecule has 0 radical (unpaired) electrons. The van der Waals surface area contributed by atoms with Crippen molar-refractivity contribution in [3.05, 3.63) is 18.2 Å². The van der Waals surface area contributed by atoms with E-state index in [0.717, 1.165) is 57.3 Å². The SMILES string of the molecule is CCNC(=NCCCCn1ccnc1C)NC1CC(OCC)C12CCC2.I. The Kier molecular flexibility index (Phi) is 8.85. The average Bonchev–Trinajstić information content (AvgIpc) is 2.97. The highest BCUT2D eigenvalue weighted by Gasteiger charge is 2.59. The Bertz CT molecular complexity index is 599. The molecule has 2 aliphatic rings. The molecule has 2 N–H and O–H groups in total. The van der Waals surface area contributed by atoms with Gasteiger partial charge in [0.1, 0.15) is 5.82 Å². The highest BCUT2D eigenvalue weighted by Crippen LogP contribution is 2.57. The average molecular weight is 489 g/mol. The highest BCUT2D eigenvalue weighted by atomic mass is 127. The van der Waals surface area contributed by atoms with Gasteiger partial charge in [-0.05, 0) is 52.9 Å². The van der Waals surface area contributed by atoms with E-state index in [2.05, 4.69) is 41.0 Å². The molecule has 2 unspecified atom stereocenters.